The van der Waals surface area contributed by atoms with Crippen LogP contribution in [0.15, 0.2) is 9.98 Å². The van der Waals surface area contributed by atoms with Crippen LogP contribution < -0.4 is 0 Å². The van der Waals surface area contributed by atoms with Gasteiger partial charge in [-0.1, -0.05) is 6.92 Å². The zero-order valence-electron chi connectivity index (χ0n) is 4.74. The Balaban J connectivity index is 2.27. The van der Waals surface area contributed by atoms with Gasteiger partial charge < -0.3 is 0 Å². The number of aliphatic imine (C=N–C) groups is 2. The summed E-state index contributed by atoms with van der Waals surface area (Å²) in [7, 11) is 0. The van der Waals surface area contributed by atoms with Crippen LogP contribution in [-0.4, -0.2) is 23.7 Å². The predicted octanol–water partition coefficient (Wildman–Crippen LogP) is 1.18. The summed E-state index contributed by atoms with van der Waals surface area (Å²) < 4.78 is 0. The first kappa shape index (κ1) is 5.82. The lowest BCUT2D eigenvalue weighted by molar-refractivity contribution is 1.02. The van der Waals surface area contributed by atoms with Gasteiger partial charge in [0.15, 0.2) is 5.50 Å². The lowest BCUT2D eigenvalue weighted by atomic mass is 10.9. The van der Waals surface area contributed by atoms with Crippen LogP contribution in [0.2, 0.25) is 0 Å². The van der Waals surface area contributed by atoms with E-state index in [0.717, 1.165) is 5.75 Å². The molecule has 2 nitrogen and oxygen atoms in total. The molecule has 0 aromatic rings. The van der Waals surface area contributed by atoms with Crippen LogP contribution >= 0.6 is 11.8 Å². The molecule has 1 aliphatic rings. The van der Waals surface area contributed by atoms with Crippen molar-refractivity contribution in [2.24, 2.45) is 9.98 Å². The van der Waals surface area contributed by atoms with E-state index >= 15 is 0 Å². The molecule has 0 saturated heterocycles. The number of thioether (sulfide) groups is 1. The fourth-order valence-corrected chi connectivity index (χ4v) is 1.11. The van der Waals surface area contributed by atoms with E-state index in [1.165, 1.54) is 0 Å². The molecule has 0 aromatic heterocycles. The summed E-state index contributed by atoms with van der Waals surface area (Å²) >= 11 is 1.74. The first-order valence-corrected chi connectivity index (χ1v) is 3.65. The zero-order valence-corrected chi connectivity index (χ0v) is 5.56. The van der Waals surface area contributed by atoms with Gasteiger partial charge >= 0.3 is 0 Å². The second-order valence-electron chi connectivity index (χ2n) is 1.38. The SMILES string of the molecule is CCSC1N=CC=N1. The number of hydrogen-bond donors (Lipinski definition) is 0. The van der Waals surface area contributed by atoms with Gasteiger partial charge in [0.1, 0.15) is 0 Å². The predicted molar refractivity (Wildman–Crippen MR) is 38.9 cm³/mol. The third-order valence-electron chi connectivity index (χ3n) is 0.810. The number of hydrogen-bond acceptors (Lipinski definition) is 3. The second kappa shape index (κ2) is 2.87. The highest BCUT2D eigenvalue weighted by Gasteiger charge is 2.01. The lowest BCUT2D eigenvalue weighted by Gasteiger charge is -1.97. The molecule has 0 fully saturated rings. The van der Waals surface area contributed by atoms with Crippen molar-refractivity contribution in [2.75, 3.05) is 5.75 Å². The van der Waals surface area contributed by atoms with Gasteiger partial charge in [-0.2, -0.15) is 0 Å². The van der Waals surface area contributed by atoms with Gasteiger partial charge in [0.25, 0.3) is 0 Å². The minimum Gasteiger partial charge on any atom is -0.255 e. The fraction of sp³-hybridized carbons (Fsp3) is 0.600. The molecule has 0 N–H and O–H groups in total. The normalized spacial score (nSPS) is 18.1. The Morgan fingerprint density at radius 2 is 2.12 bits per heavy atom. The molecule has 0 unspecified atom stereocenters. The molecule has 0 atom stereocenters. The maximum absolute atomic E-state index is 4.04. The van der Waals surface area contributed by atoms with E-state index in [1.54, 1.807) is 24.2 Å². The smallest absolute Gasteiger partial charge is 0.186 e. The largest absolute Gasteiger partial charge is 0.255 e. The first-order valence-electron chi connectivity index (χ1n) is 2.60. The second-order valence-corrected chi connectivity index (χ2v) is 2.71. The van der Waals surface area contributed by atoms with E-state index in [4.69, 9.17) is 0 Å². The Kier molecular flexibility index (Phi) is 2.09. The van der Waals surface area contributed by atoms with Crippen LogP contribution in [0.5, 0.6) is 0 Å². The minimum absolute atomic E-state index is 0.167. The van der Waals surface area contributed by atoms with Crippen molar-refractivity contribution in [2.45, 2.75) is 12.4 Å². The van der Waals surface area contributed by atoms with E-state index < -0.39 is 0 Å². The average molecular weight is 128 g/mol. The molecule has 1 rings (SSSR count). The van der Waals surface area contributed by atoms with E-state index in [2.05, 4.69) is 16.9 Å². The third-order valence-corrected chi connectivity index (χ3v) is 1.68. The highest BCUT2D eigenvalue weighted by molar-refractivity contribution is 7.99. The Labute approximate surface area is 53.1 Å². The van der Waals surface area contributed by atoms with Crippen molar-refractivity contribution in [3.05, 3.63) is 0 Å². The molecule has 0 saturated carbocycles. The summed E-state index contributed by atoms with van der Waals surface area (Å²) in [4.78, 5) is 8.08. The van der Waals surface area contributed by atoms with E-state index in [0.29, 0.717) is 0 Å². The molecule has 0 amide bonds. The summed E-state index contributed by atoms with van der Waals surface area (Å²) in [5.41, 5.74) is 0.167. The highest BCUT2D eigenvalue weighted by atomic mass is 32.2. The molecular formula is C5H8N2S. The molecule has 0 spiro atoms. The van der Waals surface area contributed by atoms with Crippen molar-refractivity contribution in [1.29, 1.82) is 0 Å². The molecule has 3 heteroatoms. The Morgan fingerprint density at radius 1 is 1.50 bits per heavy atom. The van der Waals surface area contributed by atoms with Crippen molar-refractivity contribution in [3.63, 3.8) is 0 Å². The Morgan fingerprint density at radius 3 is 2.62 bits per heavy atom. The van der Waals surface area contributed by atoms with Crippen LogP contribution in [0, 0.1) is 0 Å². The van der Waals surface area contributed by atoms with E-state index in [9.17, 15) is 0 Å². The fourth-order valence-electron chi connectivity index (χ4n) is 0.498. The monoisotopic (exact) mass is 128 g/mol. The Hall–Kier alpha value is -0.310. The van der Waals surface area contributed by atoms with Crippen LogP contribution in [0.25, 0.3) is 0 Å². The van der Waals surface area contributed by atoms with Crippen molar-refractivity contribution >= 4 is 24.2 Å². The molecular weight excluding hydrogens is 120 g/mol. The maximum atomic E-state index is 4.04. The standard InChI is InChI=1S/C5H8N2S/c1-2-8-5-6-3-4-7-5/h3-5H,2H2,1H3. The topological polar surface area (TPSA) is 24.7 Å². The maximum Gasteiger partial charge on any atom is 0.186 e. The highest BCUT2D eigenvalue weighted by Crippen LogP contribution is 2.13. The number of rotatable bonds is 2. The van der Waals surface area contributed by atoms with Gasteiger partial charge in [-0.3, -0.25) is 9.98 Å². The third kappa shape index (κ3) is 1.33. The van der Waals surface area contributed by atoms with Crippen LogP contribution in [-0.2, 0) is 0 Å². The van der Waals surface area contributed by atoms with Gasteiger partial charge in [0.05, 0.1) is 0 Å². The molecule has 0 aromatic carbocycles. The molecule has 0 bridgehead atoms. The minimum atomic E-state index is 0.167. The summed E-state index contributed by atoms with van der Waals surface area (Å²) in [5, 5.41) is 0. The first-order chi connectivity index (χ1) is 3.93. The van der Waals surface area contributed by atoms with Gasteiger partial charge in [0, 0.05) is 12.4 Å². The summed E-state index contributed by atoms with van der Waals surface area (Å²) in [6, 6.07) is 0. The van der Waals surface area contributed by atoms with E-state index in [-0.39, 0.29) is 5.50 Å². The van der Waals surface area contributed by atoms with Gasteiger partial charge in [-0.05, 0) is 5.75 Å². The molecule has 0 aliphatic carbocycles. The van der Waals surface area contributed by atoms with Crippen molar-refractivity contribution in [1.82, 2.24) is 0 Å². The van der Waals surface area contributed by atoms with E-state index in [1.807, 2.05) is 0 Å². The number of nitrogens with zero attached hydrogens (tertiary/aromatic N) is 2. The summed E-state index contributed by atoms with van der Waals surface area (Å²) in [6.07, 6.45) is 3.49. The molecule has 44 valence electrons. The zero-order chi connectivity index (χ0) is 5.82. The van der Waals surface area contributed by atoms with Crippen LogP contribution in [0.1, 0.15) is 6.92 Å². The quantitative estimate of drug-likeness (QED) is 0.548. The molecule has 8 heavy (non-hydrogen) atoms. The summed E-state index contributed by atoms with van der Waals surface area (Å²) in [5.74, 6) is 1.08. The summed E-state index contributed by atoms with van der Waals surface area (Å²) in [6.45, 7) is 2.11. The van der Waals surface area contributed by atoms with Gasteiger partial charge in [-0.15, -0.1) is 11.8 Å². The van der Waals surface area contributed by atoms with Gasteiger partial charge in [0.2, 0.25) is 0 Å². The van der Waals surface area contributed by atoms with Crippen LogP contribution in [0.3, 0.4) is 0 Å². The molecule has 0 radical (unpaired) electrons. The lowest BCUT2D eigenvalue weighted by Crippen LogP contribution is -1.87. The van der Waals surface area contributed by atoms with Crippen LogP contribution in [0.4, 0.5) is 0 Å². The van der Waals surface area contributed by atoms with Crippen molar-refractivity contribution in [3.8, 4) is 0 Å². The Bertz CT molecular complexity index is 108. The van der Waals surface area contributed by atoms with Crippen molar-refractivity contribution < 1.29 is 0 Å². The molecule has 1 aliphatic heterocycles. The average Bonchev–Trinajstić information content (AvgIpc) is 2.19. The molecule has 1 heterocycles. The van der Waals surface area contributed by atoms with Gasteiger partial charge in [-0.25, -0.2) is 0 Å².